The largest absolute Gasteiger partial charge is 0.384 e. The molecule has 1 N–H and O–H groups in total. The Morgan fingerprint density at radius 1 is 1.35 bits per heavy atom. The summed E-state index contributed by atoms with van der Waals surface area (Å²) >= 11 is 0. The monoisotopic (exact) mass is 270 g/mol. The Morgan fingerprint density at radius 2 is 2.25 bits per heavy atom. The molecule has 2 heterocycles. The molecule has 0 radical (unpaired) electrons. The summed E-state index contributed by atoms with van der Waals surface area (Å²) in [7, 11) is 4.33. The summed E-state index contributed by atoms with van der Waals surface area (Å²) in [6, 6.07) is 4.87. The second kappa shape index (κ2) is 4.31. The minimum absolute atomic E-state index is 0.581. The molecule has 1 aliphatic heterocycles. The predicted octanol–water partition coefficient (Wildman–Crippen LogP) is 2.12. The topological polar surface area (TPSA) is 54.2 Å². The van der Waals surface area contributed by atoms with E-state index < -0.39 is 0 Å². The fourth-order valence-corrected chi connectivity index (χ4v) is 3.60. The molecule has 5 heteroatoms. The molecule has 0 amide bonds. The summed E-state index contributed by atoms with van der Waals surface area (Å²) in [6.45, 7) is 1.05. The van der Waals surface area contributed by atoms with E-state index in [2.05, 4.69) is 46.8 Å². The van der Waals surface area contributed by atoms with Crippen LogP contribution >= 0.6 is 0 Å². The first-order valence-corrected chi connectivity index (χ1v) is 7.08. The summed E-state index contributed by atoms with van der Waals surface area (Å²) in [5.41, 5.74) is 5.32. The van der Waals surface area contributed by atoms with Crippen LogP contribution in [0.3, 0.4) is 0 Å². The molecular formula is C15H18N4O. The van der Waals surface area contributed by atoms with Gasteiger partial charge in [0, 0.05) is 35.0 Å². The maximum absolute atomic E-state index is 5.28. The number of nitrogens with zero attached hydrogens (tertiary/aromatic N) is 3. The SMILES string of the molecule is CN(C)C1Cc2c(-c3cnno3)ccc3c2C(CN3)C1. The van der Waals surface area contributed by atoms with E-state index in [1.54, 1.807) is 6.20 Å². The average Bonchev–Trinajstić information content (AvgIpc) is 3.09. The van der Waals surface area contributed by atoms with Crippen LogP contribution in [-0.2, 0) is 6.42 Å². The number of aromatic nitrogens is 2. The molecule has 2 unspecified atom stereocenters. The summed E-state index contributed by atoms with van der Waals surface area (Å²) < 4.78 is 5.28. The molecule has 1 aliphatic carbocycles. The molecule has 0 saturated carbocycles. The highest BCUT2D eigenvalue weighted by Crippen LogP contribution is 2.45. The minimum Gasteiger partial charge on any atom is -0.384 e. The molecule has 1 aromatic heterocycles. The van der Waals surface area contributed by atoms with Crippen molar-refractivity contribution in [2.24, 2.45) is 0 Å². The smallest absolute Gasteiger partial charge is 0.187 e. The molecule has 4 rings (SSSR count). The molecule has 0 spiro atoms. The van der Waals surface area contributed by atoms with Crippen molar-refractivity contribution in [3.05, 3.63) is 29.5 Å². The quantitative estimate of drug-likeness (QED) is 0.906. The van der Waals surface area contributed by atoms with Gasteiger partial charge in [0.1, 0.15) is 0 Å². The first kappa shape index (κ1) is 11.9. The van der Waals surface area contributed by atoms with E-state index in [0.717, 1.165) is 24.3 Å². The van der Waals surface area contributed by atoms with Crippen molar-refractivity contribution < 1.29 is 4.52 Å². The standard InChI is InChI=1S/C15H18N4O/c1-19(2)10-5-9-7-16-13-4-3-11(12(6-10)15(9)13)14-8-17-18-20-14/h3-4,8-10,16H,5-7H2,1-2H3. The van der Waals surface area contributed by atoms with Gasteiger partial charge in [-0.3, -0.25) is 0 Å². The summed E-state index contributed by atoms with van der Waals surface area (Å²) in [5, 5.41) is 11.0. The van der Waals surface area contributed by atoms with Crippen LogP contribution in [0.25, 0.3) is 11.3 Å². The third-order valence-electron chi connectivity index (χ3n) is 4.66. The molecule has 0 fully saturated rings. The summed E-state index contributed by atoms with van der Waals surface area (Å²) in [6.07, 6.45) is 3.98. The van der Waals surface area contributed by atoms with Crippen molar-refractivity contribution in [1.82, 2.24) is 15.3 Å². The van der Waals surface area contributed by atoms with E-state index in [1.165, 1.54) is 23.2 Å². The number of rotatable bonds is 2. The normalized spacial score (nSPS) is 23.8. The molecule has 0 bridgehead atoms. The van der Waals surface area contributed by atoms with Crippen molar-refractivity contribution in [1.29, 1.82) is 0 Å². The first-order chi connectivity index (χ1) is 9.74. The van der Waals surface area contributed by atoms with Gasteiger partial charge in [-0.15, -0.1) is 5.10 Å². The zero-order valence-electron chi connectivity index (χ0n) is 11.8. The second-order valence-electron chi connectivity index (χ2n) is 5.97. The predicted molar refractivity (Wildman–Crippen MR) is 76.8 cm³/mol. The first-order valence-electron chi connectivity index (χ1n) is 7.08. The van der Waals surface area contributed by atoms with Gasteiger partial charge in [0.2, 0.25) is 0 Å². The number of nitrogens with one attached hydrogen (secondary N) is 1. The van der Waals surface area contributed by atoms with Crippen LogP contribution in [0.5, 0.6) is 0 Å². The van der Waals surface area contributed by atoms with Gasteiger partial charge < -0.3 is 14.7 Å². The highest BCUT2D eigenvalue weighted by molar-refractivity contribution is 5.73. The van der Waals surface area contributed by atoms with Crippen LogP contribution in [0.4, 0.5) is 5.69 Å². The van der Waals surface area contributed by atoms with Gasteiger partial charge in [-0.25, -0.2) is 0 Å². The Morgan fingerprint density at radius 3 is 3.00 bits per heavy atom. The summed E-state index contributed by atoms with van der Waals surface area (Å²) in [5.74, 6) is 1.38. The zero-order chi connectivity index (χ0) is 13.7. The second-order valence-corrected chi connectivity index (χ2v) is 5.97. The van der Waals surface area contributed by atoms with E-state index in [-0.39, 0.29) is 0 Å². The van der Waals surface area contributed by atoms with Crippen molar-refractivity contribution in [2.75, 3.05) is 26.0 Å². The summed E-state index contributed by atoms with van der Waals surface area (Å²) in [4.78, 5) is 2.33. The number of hydrogen-bond donors (Lipinski definition) is 1. The average molecular weight is 270 g/mol. The van der Waals surface area contributed by atoms with Crippen molar-refractivity contribution in [3.8, 4) is 11.3 Å². The third-order valence-corrected chi connectivity index (χ3v) is 4.66. The fourth-order valence-electron chi connectivity index (χ4n) is 3.60. The van der Waals surface area contributed by atoms with Crippen molar-refractivity contribution in [2.45, 2.75) is 24.8 Å². The maximum Gasteiger partial charge on any atom is 0.187 e. The third kappa shape index (κ3) is 1.66. The van der Waals surface area contributed by atoms with Gasteiger partial charge in [0.15, 0.2) is 5.76 Å². The highest BCUT2D eigenvalue weighted by Gasteiger charge is 2.35. The van der Waals surface area contributed by atoms with Gasteiger partial charge in [-0.2, -0.15) is 0 Å². The molecule has 20 heavy (non-hydrogen) atoms. The van der Waals surface area contributed by atoms with E-state index in [9.17, 15) is 0 Å². The van der Waals surface area contributed by atoms with Crippen molar-refractivity contribution >= 4 is 5.69 Å². The lowest BCUT2D eigenvalue weighted by Crippen LogP contribution is -2.35. The number of benzene rings is 1. The van der Waals surface area contributed by atoms with Crippen LogP contribution in [0.2, 0.25) is 0 Å². The van der Waals surface area contributed by atoms with Crippen LogP contribution in [0.15, 0.2) is 22.9 Å². The lowest BCUT2D eigenvalue weighted by Gasteiger charge is -2.33. The molecule has 0 saturated heterocycles. The van der Waals surface area contributed by atoms with E-state index >= 15 is 0 Å². The van der Waals surface area contributed by atoms with E-state index in [4.69, 9.17) is 4.52 Å². The Balaban J connectivity index is 1.87. The lowest BCUT2D eigenvalue weighted by molar-refractivity contribution is 0.255. The number of hydrogen-bond acceptors (Lipinski definition) is 5. The fraction of sp³-hybridized carbons (Fsp3) is 0.467. The van der Waals surface area contributed by atoms with Gasteiger partial charge >= 0.3 is 0 Å². The number of likely N-dealkylation sites (N-methyl/N-ethyl adjacent to an activating group) is 1. The number of anilines is 1. The molecular weight excluding hydrogens is 252 g/mol. The maximum atomic E-state index is 5.28. The van der Waals surface area contributed by atoms with Crippen LogP contribution in [0.1, 0.15) is 23.5 Å². The Labute approximate surface area is 117 Å². The lowest BCUT2D eigenvalue weighted by atomic mass is 9.78. The molecule has 1 aromatic carbocycles. The molecule has 104 valence electrons. The van der Waals surface area contributed by atoms with Gasteiger partial charge in [-0.05, 0) is 50.2 Å². The van der Waals surface area contributed by atoms with Crippen LogP contribution in [0, 0.1) is 0 Å². The van der Waals surface area contributed by atoms with Crippen molar-refractivity contribution in [3.63, 3.8) is 0 Å². The molecule has 2 aromatic rings. The highest BCUT2D eigenvalue weighted by atomic mass is 16.5. The molecule has 5 nitrogen and oxygen atoms in total. The van der Waals surface area contributed by atoms with E-state index in [1.807, 2.05) is 0 Å². The zero-order valence-corrected chi connectivity index (χ0v) is 11.8. The molecule has 2 aliphatic rings. The Bertz CT molecular complexity index is 636. The van der Waals surface area contributed by atoms with Crippen LogP contribution in [-0.4, -0.2) is 42.0 Å². The Kier molecular flexibility index (Phi) is 2.57. The Hall–Kier alpha value is -1.88. The van der Waals surface area contributed by atoms with Crippen LogP contribution < -0.4 is 5.32 Å². The van der Waals surface area contributed by atoms with Gasteiger partial charge in [0.25, 0.3) is 0 Å². The minimum atomic E-state index is 0.581. The van der Waals surface area contributed by atoms with Gasteiger partial charge in [0.05, 0.1) is 6.20 Å². The molecule has 2 atom stereocenters. The van der Waals surface area contributed by atoms with E-state index in [0.29, 0.717) is 12.0 Å². The van der Waals surface area contributed by atoms with Gasteiger partial charge in [-0.1, -0.05) is 0 Å².